The van der Waals surface area contributed by atoms with E-state index in [0.29, 0.717) is 11.3 Å². The lowest BCUT2D eigenvalue weighted by molar-refractivity contribution is -0.124. The number of ether oxygens (including phenoxy) is 1. The van der Waals surface area contributed by atoms with Gasteiger partial charge in [0.1, 0.15) is 6.04 Å². The number of hydrogen-bond acceptors (Lipinski definition) is 7. The summed E-state index contributed by atoms with van der Waals surface area (Å²) >= 11 is 0. The average molecular weight is 335 g/mol. The molecule has 0 radical (unpaired) electrons. The molecule has 0 aromatic heterocycles. The molecule has 1 unspecified atom stereocenters. The molecule has 10 nitrogen and oxygen atoms in total. The number of methoxy groups -OCH3 is 1. The van der Waals surface area contributed by atoms with Crippen LogP contribution < -0.4 is 26.3 Å². The van der Waals surface area contributed by atoms with E-state index >= 15 is 0 Å². The first-order valence-corrected chi connectivity index (χ1v) is 7.05. The summed E-state index contributed by atoms with van der Waals surface area (Å²) in [5, 5.41) is 15.4. The van der Waals surface area contributed by atoms with Crippen molar-refractivity contribution >= 4 is 24.1 Å². The van der Waals surface area contributed by atoms with Crippen molar-refractivity contribution in [3.8, 4) is 11.5 Å². The van der Waals surface area contributed by atoms with Crippen LogP contribution in [0.3, 0.4) is 0 Å². The van der Waals surface area contributed by atoms with Gasteiger partial charge in [0.15, 0.2) is 11.5 Å². The highest BCUT2D eigenvalue weighted by atomic mass is 16.5. The number of phenolic OH excluding ortho intramolecular Hbond substituents is 1. The van der Waals surface area contributed by atoms with Crippen molar-refractivity contribution in [2.24, 2.45) is 5.10 Å². The molecular formula is C14H17N5O5. The molecule has 1 atom stereocenters. The number of aromatic hydroxyl groups is 1. The van der Waals surface area contributed by atoms with E-state index in [1.807, 2.05) is 0 Å². The number of urea groups is 1. The normalized spacial score (nSPS) is 17.3. The predicted molar refractivity (Wildman–Crippen MR) is 83.2 cm³/mol. The summed E-state index contributed by atoms with van der Waals surface area (Å²) in [6.45, 7) is 0. The number of carbonyl (C=O) groups excluding carboxylic acids is 3. The zero-order chi connectivity index (χ0) is 17.5. The standard InChI is InChI=1S/C14H17N5O5/c1-24-11-6-8(2-4-10(11)20)7-15-18-12(21)5-3-9-13(22)16-14(23)19-17-9/h2,4,6-7,9,17,20H,3,5H2,1H3,(H,18,21)(H2,16,19,22,23)/b15-7+. The lowest BCUT2D eigenvalue weighted by Gasteiger charge is -2.22. The number of imide groups is 1. The van der Waals surface area contributed by atoms with Crippen LogP contribution in [0, 0.1) is 0 Å². The van der Waals surface area contributed by atoms with E-state index in [2.05, 4.69) is 26.7 Å². The second kappa shape index (κ2) is 7.92. The molecule has 1 aliphatic rings. The Bertz CT molecular complexity index is 676. The smallest absolute Gasteiger partial charge is 0.335 e. The van der Waals surface area contributed by atoms with Gasteiger partial charge in [-0.2, -0.15) is 5.10 Å². The number of nitrogens with zero attached hydrogens (tertiary/aromatic N) is 1. The van der Waals surface area contributed by atoms with E-state index in [1.165, 1.54) is 19.4 Å². The second-order valence-electron chi connectivity index (χ2n) is 4.90. The average Bonchev–Trinajstić information content (AvgIpc) is 2.55. The van der Waals surface area contributed by atoms with Gasteiger partial charge < -0.3 is 9.84 Å². The fourth-order valence-electron chi connectivity index (χ4n) is 1.94. The van der Waals surface area contributed by atoms with Crippen molar-refractivity contribution < 1.29 is 24.2 Å². The maximum atomic E-state index is 11.7. The molecule has 1 heterocycles. The van der Waals surface area contributed by atoms with Crippen LogP contribution in [0.4, 0.5) is 4.79 Å². The summed E-state index contributed by atoms with van der Waals surface area (Å²) < 4.78 is 4.96. The van der Waals surface area contributed by atoms with Crippen LogP contribution in [0.1, 0.15) is 18.4 Å². The van der Waals surface area contributed by atoms with Gasteiger partial charge in [-0.15, -0.1) is 0 Å². The van der Waals surface area contributed by atoms with Gasteiger partial charge in [-0.1, -0.05) is 0 Å². The molecule has 1 saturated heterocycles. The first-order valence-electron chi connectivity index (χ1n) is 7.05. The number of benzene rings is 1. The largest absolute Gasteiger partial charge is 0.504 e. The molecule has 1 aromatic carbocycles. The maximum Gasteiger partial charge on any atom is 0.335 e. The van der Waals surface area contributed by atoms with Gasteiger partial charge in [0.2, 0.25) is 11.8 Å². The third-order valence-electron chi connectivity index (χ3n) is 3.18. The fourth-order valence-corrected chi connectivity index (χ4v) is 1.94. The van der Waals surface area contributed by atoms with Crippen LogP contribution in [0.15, 0.2) is 23.3 Å². The van der Waals surface area contributed by atoms with Crippen molar-refractivity contribution in [3.63, 3.8) is 0 Å². The Hall–Kier alpha value is -3.14. The molecule has 128 valence electrons. The molecule has 2 rings (SSSR count). The summed E-state index contributed by atoms with van der Waals surface area (Å²) in [6, 6.07) is 3.30. The van der Waals surface area contributed by atoms with Crippen molar-refractivity contribution in [2.75, 3.05) is 7.11 Å². The zero-order valence-electron chi connectivity index (χ0n) is 12.8. The fraction of sp³-hybridized carbons (Fsp3) is 0.286. The third kappa shape index (κ3) is 4.68. The summed E-state index contributed by atoms with van der Waals surface area (Å²) in [5.74, 6) is -0.583. The molecule has 0 bridgehead atoms. The van der Waals surface area contributed by atoms with Gasteiger partial charge in [-0.05, 0) is 30.2 Å². The van der Waals surface area contributed by atoms with Crippen molar-refractivity contribution in [3.05, 3.63) is 23.8 Å². The Kier molecular flexibility index (Phi) is 5.68. The van der Waals surface area contributed by atoms with E-state index in [1.54, 1.807) is 12.1 Å². The molecule has 4 amide bonds. The Labute approximate surface area is 137 Å². The second-order valence-corrected chi connectivity index (χ2v) is 4.90. The summed E-state index contributed by atoms with van der Waals surface area (Å²) in [6.07, 6.45) is 1.63. The minimum atomic E-state index is -0.682. The molecule has 1 aromatic rings. The number of nitrogens with one attached hydrogen (secondary N) is 4. The van der Waals surface area contributed by atoms with Gasteiger partial charge in [-0.3, -0.25) is 20.3 Å². The van der Waals surface area contributed by atoms with Crippen LogP contribution >= 0.6 is 0 Å². The van der Waals surface area contributed by atoms with Crippen molar-refractivity contribution in [1.29, 1.82) is 0 Å². The van der Waals surface area contributed by atoms with Gasteiger partial charge in [-0.25, -0.2) is 15.6 Å². The highest BCUT2D eigenvalue weighted by molar-refractivity contribution is 5.99. The minimum Gasteiger partial charge on any atom is -0.504 e. The number of amides is 4. The van der Waals surface area contributed by atoms with E-state index in [9.17, 15) is 19.5 Å². The third-order valence-corrected chi connectivity index (χ3v) is 3.18. The summed E-state index contributed by atoms with van der Waals surface area (Å²) in [7, 11) is 1.43. The van der Waals surface area contributed by atoms with Crippen molar-refractivity contribution in [2.45, 2.75) is 18.9 Å². The Balaban J connectivity index is 1.78. The lowest BCUT2D eigenvalue weighted by atomic mass is 10.1. The zero-order valence-corrected chi connectivity index (χ0v) is 12.8. The maximum absolute atomic E-state index is 11.7. The first-order chi connectivity index (χ1) is 11.5. The van der Waals surface area contributed by atoms with E-state index in [-0.39, 0.29) is 24.5 Å². The minimum absolute atomic E-state index is 0.00374. The van der Waals surface area contributed by atoms with E-state index in [4.69, 9.17) is 4.74 Å². The van der Waals surface area contributed by atoms with E-state index < -0.39 is 18.0 Å². The van der Waals surface area contributed by atoms with E-state index in [0.717, 1.165) is 0 Å². The SMILES string of the molecule is COc1cc(/C=N/NC(=O)CCC2NNC(=O)NC2=O)ccc1O. The molecule has 1 fully saturated rings. The number of hydrazine groups is 1. The molecule has 24 heavy (non-hydrogen) atoms. The number of hydrazone groups is 1. The summed E-state index contributed by atoms with van der Waals surface area (Å²) in [5.41, 5.74) is 7.71. The number of phenols is 1. The van der Waals surface area contributed by atoms with Gasteiger partial charge in [0, 0.05) is 6.42 Å². The van der Waals surface area contributed by atoms with Gasteiger partial charge in [0.25, 0.3) is 0 Å². The first kappa shape index (κ1) is 17.2. The molecule has 5 N–H and O–H groups in total. The van der Waals surface area contributed by atoms with Gasteiger partial charge >= 0.3 is 6.03 Å². The molecule has 0 aliphatic carbocycles. The molecule has 1 aliphatic heterocycles. The molecule has 0 saturated carbocycles. The highest BCUT2D eigenvalue weighted by Gasteiger charge is 2.25. The Morgan fingerprint density at radius 2 is 2.25 bits per heavy atom. The summed E-state index contributed by atoms with van der Waals surface area (Å²) in [4.78, 5) is 34.0. The number of hydrogen-bond donors (Lipinski definition) is 5. The quantitative estimate of drug-likeness (QED) is 0.345. The van der Waals surface area contributed by atoms with Crippen LogP contribution in [0.25, 0.3) is 0 Å². The number of carbonyl (C=O) groups is 3. The number of rotatable bonds is 6. The molecular weight excluding hydrogens is 318 g/mol. The monoisotopic (exact) mass is 335 g/mol. The van der Waals surface area contributed by atoms with Crippen molar-refractivity contribution in [1.82, 2.24) is 21.6 Å². The predicted octanol–water partition coefficient (Wildman–Crippen LogP) is -0.656. The van der Waals surface area contributed by atoms with Crippen LogP contribution in [0.5, 0.6) is 11.5 Å². The Morgan fingerprint density at radius 1 is 1.46 bits per heavy atom. The van der Waals surface area contributed by atoms with Gasteiger partial charge in [0.05, 0.1) is 13.3 Å². The highest BCUT2D eigenvalue weighted by Crippen LogP contribution is 2.25. The lowest BCUT2D eigenvalue weighted by Crippen LogP contribution is -2.62. The van der Waals surface area contributed by atoms with Crippen LogP contribution in [-0.4, -0.2) is 42.3 Å². The topological polar surface area (TPSA) is 141 Å². The Morgan fingerprint density at radius 3 is 2.96 bits per heavy atom. The molecule has 0 spiro atoms. The van der Waals surface area contributed by atoms with Crippen LogP contribution in [-0.2, 0) is 9.59 Å². The van der Waals surface area contributed by atoms with Crippen LogP contribution in [0.2, 0.25) is 0 Å². The molecule has 10 heteroatoms.